The molecule has 1 amide bonds. The van der Waals surface area contributed by atoms with E-state index >= 15 is 0 Å². The van der Waals surface area contributed by atoms with Gasteiger partial charge in [0, 0.05) is 25.2 Å². The number of ketones is 1. The lowest BCUT2D eigenvalue weighted by Crippen LogP contribution is -2.31. The molecule has 0 N–H and O–H groups in total. The molecule has 0 aliphatic carbocycles. The Morgan fingerprint density at radius 2 is 1.74 bits per heavy atom. The van der Waals surface area contributed by atoms with Crippen LogP contribution in [0.15, 0.2) is 59.2 Å². The zero-order chi connectivity index (χ0) is 25.0. The van der Waals surface area contributed by atoms with Gasteiger partial charge in [0.05, 0.1) is 11.4 Å². The smallest absolute Gasteiger partial charge is 0.387 e. The largest absolute Gasteiger partial charge is 0.435 e. The van der Waals surface area contributed by atoms with E-state index in [9.17, 15) is 18.4 Å². The van der Waals surface area contributed by atoms with Gasteiger partial charge < -0.3 is 9.64 Å². The van der Waals surface area contributed by atoms with E-state index in [4.69, 9.17) is 0 Å². The fourth-order valence-corrected chi connectivity index (χ4v) is 4.14. The molecule has 0 spiro atoms. The monoisotopic (exact) mass is 487 g/mol. The second kappa shape index (κ2) is 10.4. The van der Waals surface area contributed by atoms with Crippen molar-refractivity contribution in [2.45, 2.75) is 27.4 Å². The molecular formula is C25H27F2N3O3S. The van der Waals surface area contributed by atoms with E-state index in [2.05, 4.69) is 9.73 Å². The van der Waals surface area contributed by atoms with Gasteiger partial charge in [0.25, 0.3) is 5.91 Å². The van der Waals surface area contributed by atoms with Crippen molar-refractivity contribution < 1.29 is 23.1 Å². The van der Waals surface area contributed by atoms with Crippen molar-refractivity contribution in [3.05, 3.63) is 59.8 Å². The molecular weight excluding hydrogens is 460 g/mol. The number of aliphatic imine (C=N–C) groups is 1. The third kappa shape index (κ3) is 6.22. The molecule has 0 bridgehead atoms. The van der Waals surface area contributed by atoms with Crippen molar-refractivity contribution in [3.8, 4) is 5.75 Å². The van der Waals surface area contributed by atoms with E-state index in [0.29, 0.717) is 10.9 Å². The van der Waals surface area contributed by atoms with Crippen LogP contribution in [0.25, 0.3) is 6.08 Å². The van der Waals surface area contributed by atoms with E-state index in [-0.39, 0.29) is 28.9 Å². The van der Waals surface area contributed by atoms with Crippen LogP contribution in [0.3, 0.4) is 0 Å². The maximum Gasteiger partial charge on any atom is 0.387 e. The van der Waals surface area contributed by atoms with Gasteiger partial charge >= 0.3 is 6.61 Å². The summed E-state index contributed by atoms with van der Waals surface area (Å²) in [6.45, 7) is 2.56. The minimum absolute atomic E-state index is 0.0174. The molecule has 1 aliphatic rings. The number of ether oxygens (including phenoxy) is 1. The van der Waals surface area contributed by atoms with Gasteiger partial charge in [-0.15, -0.1) is 0 Å². The average molecular weight is 488 g/mol. The van der Waals surface area contributed by atoms with E-state index in [0.717, 1.165) is 11.3 Å². The maximum absolute atomic E-state index is 13.3. The van der Waals surface area contributed by atoms with Crippen molar-refractivity contribution in [3.63, 3.8) is 0 Å². The number of carbonyl (C=O) groups is 2. The van der Waals surface area contributed by atoms with Crippen LogP contribution in [0.2, 0.25) is 0 Å². The minimum atomic E-state index is -2.94. The standard InChI is InChI=1S/C25H27F2N3O3S/c1-25(2,3)21(31)15-34-24-28-20(14-16-6-8-17(9-7-16)29(4)5)22(32)30(24)18-10-12-19(13-11-18)33-23(26)27/h6-14,23H,15H2,1-5H3/b20-14-. The summed E-state index contributed by atoms with van der Waals surface area (Å²) in [6, 6.07) is 13.4. The number of carbonyl (C=O) groups excluding carboxylic acids is 2. The summed E-state index contributed by atoms with van der Waals surface area (Å²) in [5, 5.41) is 0.348. The molecule has 180 valence electrons. The van der Waals surface area contributed by atoms with E-state index < -0.39 is 12.0 Å². The molecule has 9 heteroatoms. The topological polar surface area (TPSA) is 62.2 Å². The van der Waals surface area contributed by atoms with Crippen LogP contribution in [0, 0.1) is 5.41 Å². The lowest BCUT2D eigenvalue weighted by molar-refractivity contribution is -0.123. The van der Waals surface area contributed by atoms with Gasteiger partial charge in [0.15, 0.2) is 5.17 Å². The number of Topliss-reactive ketones (excluding diaryl/α,β-unsaturated/α-hetero) is 1. The summed E-state index contributed by atoms with van der Waals surface area (Å²) in [7, 11) is 3.88. The number of hydrogen-bond acceptors (Lipinski definition) is 6. The predicted octanol–water partition coefficient (Wildman–Crippen LogP) is 5.45. The molecule has 0 unspecified atom stereocenters. The first-order chi connectivity index (χ1) is 16.0. The van der Waals surface area contributed by atoms with Crippen LogP contribution < -0.4 is 14.5 Å². The van der Waals surface area contributed by atoms with Crippen molar-refractivity contribution in [1.29, 1.82) is 0 Å². The number of hydrogen-bond donors (Lipinski definition) is 0. The summed E-state index contributed by atoms with van der Waals surface area (Å²) in [4.78, 5) is 33.6. The van der Waals surface area contributed by atoms with Crippen molar-refractivity contribution in [1.82, 2.24) is 0 Å². The van der Waals surface area contributed by atoms with Gasteiger partial charge in [-0.2, -0.15) is 8.78 Å². The summed E-state index contributed by atoms with van der Waals surface area (Å²) in [6.07, 6.45) is 1.68. The van der Waals surface area contributed by atoms with E-state index in [1.807, 2.05) is 64.0 Å². The third-order valence-corrected chi connectivity index (χ3v) is 5.97. The van der Waals surface area contributed by atoms with Gasteiger partial charge in [0.1, 0.15) is 17.2 Å². The lowest BCUT2D eigenvalue weighted by atomic mass is 9.92. The number of amides is 1. The number of thioether (sulfide) groups is 1. The molecule has 0 aromatic heterocycles. The highest BCUT2D eigenvalue weighted by atomic mass is 32.2. The van der Waals surface area contributed by atoms with E-state index in [1.165, 1.54) is 40.9 Å². The first kappa shape index (κ1) is 25.4. The van der Waals surface area contributed by atoms with Gasteiger partial charge in [-0.05, 0) is 48.0 Å². The van der Waals surface area contributed by atoms with Gasteiger partial charge in [-0.1, -0.05) is 44.7 Å². The third-order valence-electron chi connectivity index (χ3n) is 5.03. The molecule has 0 radical (unpaired) electrons. The molecule has 1 heterocycles. The molecule has 3 rings (SSSR count). The van der Waals surface area contributed by atoms with Crippen LogP contribution in [-0.4, -0.2) is 43.3 Å². The number of rotatable bonds is 7. The van der Waals surface area contributed by atoms with Gasteiger partial charge in [-0.25, -0.2) is 4.99 Å². The van der Waals surface area contributed by atoms with Crippen LogP contribution in [0.1, 0.15) is 26.3 Å². The average Bonchev–Trinajstić information content (AvgIpc) is 3.07. The van der Waals surface area contributed by atoms with Gasteiger partial charge in [-0.3, -0.25) is 14.5 Å². The second-order valence-corrected chi connectivity index (χ2v) is 9.83. The summed E-state index contributed by atoms with van der Waals surface area (Å²) < 4.78 is 29.4. The summed E-state index contributed by atoms with van der Waals surface area (Å²) >= 11 is 1.17. The molecule has 1 aliphatic heterocycles. The Kier molecular flexibility index (Phi) is 7.76. The molecule has 2 aromatic rings. The molecule has 0 atom stereocenters. The number of anilines is 2. The van der Waals surface area contributed by atoms with Crippen LogP contribution in [-0.2, 0) is 9.59 Å². The fourth-order valence-electron chi connectivity index (χ4n) is 2.97. The number of halogens is 2. The number of nitrogens with zero attached hydrogens (tertiary/aromatic N) is 3. The minimum Gasteiger partial charge on any atom is -0.435 e. The first-order valence-corrected chi connectivity index (χ1v) is 11.6. The zero-order valence-electron chi connectivity index (χ0n) is 19.7. The zero-order valence-corrected chi connectivity index (χ0v) is 20.5. The molecule has 6 nitrogen and oxygen atoms in total. The quantitative estimate of drug-likeness (QED) is 0.487. The predicted molar refractivity (Wildman–Crippen MR) is 134 cm³/mol. The Bertz CT molecular complexity index is 1110. The molecule has 0 saturated heterocycles. The SMILES string of the molecule is CN(C)c1ccc(/C=C2\N=C(SCC(=O)C(C)(C)C)N(c3ccc(OC(F)F)cc3)C2=O)cc1. The fraction of sp³-hybridized carbons (Fsp3) is 0.320. The Morgan fingerprint density at radius 1 is 1.12 bits per heavy atom. The molecule has 0 saturated carbocycles. The molecule has 0 fully saturated rings. The Morgan fingerprint density at radius 3 is 2.26 bits per heavy atom. The lowest BCUT2D eigenvalue weighted by Gasteiger charge is -2.20. The van der Waals surface area contributed by atoms with Crippen LogP contribution >= 0.6 is 11.8 Å². The summed E-state index contributed by atoms with van der Waals surface area (Å²) in [5.74, 6) is -0.227. The van der Waals surface area contributed by atoms with Crippen molar-refractivity contribution in [2.75, 3.05) is 29.6 Å². The highest BCUT2D eigenvalue weighted by Crippen LogP contribution is 2.32. The second-order valence-electron chi connectivity index (χ2n) is 8.88. The van der Waals surface area contributed by atoms with E-state index in [1.54, 1.807) is 6.08 Å². The normalized spacial score (nSPS) is 15.2. The Balaban J connectivity index is 1.91. The highest BCUT2D eigenvalue weighted by molar-refractivity contribution is 8.14. The first-order valence-electron chi connectivity index (χ1n) is 10.6. The summed E-state index contributed by atoms with van der Waals surface area (Å²) in [5.41, 5.74) is 1.95. The Labute approximate surface area is 202 Å². The maximum atomic E-state index is 13.3. The van der Waals surface area contributed by atoms with Crippen molar-refractivity contribution >= 4 is 46.1 Å². The van der Waals surface area contributed by atoms with Crippen molar-refractivity contribution in [2.24, 2.45) is 10.4 Å². The molecule has 34 heavy (non-hydrogen) atoms. The number of benzene rings is 2. The Hall–Kier alpha value is -3.20. The highest BCUT2D eigenvalue weighted by Gasteiger charge is 2.33. The van der Waals surface area contributed by atoms with Crippen LogP contribution in [0.5, 0.6) is 5.75 Å². The van der Waals surface area contributed by atoms with Crippen LogP contribution in [0.4, 0.5) is 20.2 Å². The van der Waals surface area contributed by atoms with Gasteiger partial charge in [0.2, 0.25) is 0 Å². The molecule has 2 aromatic carbocycles. The number of amidine groups is 1. The number of alkyl halides is 2.